The van der Waals surface area contributed by atoms with Crippen LogP contribution in [0.1, 0.15) is 18.4 Å². The van der Waals surface area contributed by atoms with Crippen LogP contribution in [0, 0.1) is 0 Å². The number of sulfone groups is 1. The lowest BCUT2D eigenvalue weighted by molar-refractivity contribution is 0.135. The van der Waals surface area contributed by atoms with Crippen molar-refractivity contribution in [3.63, 3.8) is 0 Å². The number of nitrogens with zero attached hydrogens (tertiary/aromatic N) is 2. The summed E-state index contributed by atoms with van der Waals surface area (Å²) in [6.45, 7) is 0.427. The van der Waals surface area contributed by atoms with Gasteiger partial charge in [-0.25, -0.2) is 21.6 Å². The van der Waals surface area contributed by atoms with Gasteiger partial charge in [-0.05, 0) is 31.0 Å². The number of fused-ring (bicyclic) bond motifs is 1. The van der Waals surface area contributed by atoms with E-state index < -0.39 is 26.0 Å². The molecule has 0 aromatic heterocycles. The lowest BCUT2D eigenvalue weighted by atomic mass is 10.0. The van der Waals surface area contributed by atoms with Crippen LogP contribution in [-0.2, 0) is 31.2 Å². The quantitative estimate of drug-likeness (QED) is 0.646. The Labute approximate surface area is 187 Å². The van der Waals surface area contributed by atoms with Crippen LogP contribution in [0.25, 0.3) is 0 Å². The number of cyclic esters (lactones) is 1. The number of methoxy groups -OCH3 is 1. The predicted octanol–water partition coefficient (Wildman–Crippen LogP) is 2.41. The molecule has 11 heteroatoms. The molecule has 0 N–H and O–H groups in total. The molecule has 172 valence electrons. The summed E-state index contributed by atoms with van der Waals surface area (Å²) in [4.78, 5) is 13.7. The number of benzene rings is 2. The number of anilines is 1. The third kappa shape index (κ3) is 3.96. The van der Waals surface area contributed by atoms with Crippen LogP contribution < -0.4 is 9.64 Å². The van der Waals surface area contributed by atoms with E-state index in [1.807, 2.05) is 12.1 Å². The Bertz CT molecular complexity index is 1240. The zero-order valence-corrected chi connectivity index (χ0v) is 19.4. The van der Waals surface area contributed by atoms with Gasteiger partial charge < -0.3 is 9.47 Å². The summed E-state index contributed by atoms with van der Waals surface area (Å²) in [7, 11) is -6.21. The first-order valence-corrected chi connectivity index (χ1v) is 13.4. The number of carbonyl (C=O) groups is 1. The number of amides is 1. The molecular formula is C21H24N2O7S2. The van der Waals surface area contributed by atoms with E-state index in [0.29, 0.717) is 24.3 Å². The molecule has 1 fully saturated rings. The maximum atomic E-state index is 13.2. The minimum absolute atomic E-state index is 0.138. The number of para-hydroxylation sites is 1. The van der Waals surface area contributed by atoms with E-state index in [1.165, 1.54) is 35.7 Å². The molecule has 2 aliphatic rings. The van der Waals surface area contributed by atoms with Gasteiger partial charge in [0.2, 0.25) is 10.0 Å². The lowest BCUT2D eigenvalue weighted by Gasteiger charge is -2.40. The third-order valence-electron chi connectivity index (χ3n) is 5.75. The highest BCUT2D eigenvalue weighted by Gasteiger charge is 2.39. The zero-order chi connectivity index (χ0) is 23.1. The van der Waals surface area contributed by atoms with Crippen molar-refractivity contribution in [3.8, 4) is 5.75 Å². The van der Waals surface area contributed by atoms with Gasteiger partial charge in [0.15, 0.2) is 9.84 Å². The lowest BCUT2D eigenvalue weighted by Crippen LogP contribution is -2.50. The van der Waals surface area contributed by atoms with E-state index in [2.05, 4.69) is 0 Å². The number of hydrogen-bond donors (Lipinski definition) is 0. The van der Waals surface area contributed by atoms with Gasteiger partial charge in [-0.15, -0.1) is 0 Å². The summed E-state index contributed by atoms with van der Waals surface area (Å²) >= 11 is 0. The number of carbonyl (C=O) groups excluding carboxylic acids is 1. The van der Waals surface area contributed by atoms with Gasteiger partial charge in [0.25, 0.3) is 0 Å². The Morgan fingerprint density at radius 2 is 1.62 bits per heavy atom. The number of sulfonamides is 1. The molecule has 0 bridgehead atoms. The van der Waals surface area contributed by atoms with Gasteiger partial charge >= 0.3 is 6.09 Å². The fourth-order valence-electron chi connectivity index (χ4n) is 4.20. The van der Waals surface area contributed by atoms with Crippen LogP contribution in [0.2, 0.25) is 0 Å². The van der Waals surface area contributed by atoms with Crippen molar-refractivity contribution >= 4 is 31.6 Å². The number of hydrogen-bond acceptors (Lipinski definition) is 7. The summed E-state index contributed by atoms with van der Waals surface area (Å²) in [6.07, 6.45) is 1.23. The van der Waals surface area contributed by atoms with Crippen molar-refractivity contribution in [2.24, 2.45) is 0 Å². The molecule has 4 rings (SSSR count). The zero-order valence-electron chi connectivity index (χ0n) is 17.7. The molecule has 0 aliphatic carbocycles. The first-order valence-electron chi connectivity index (χ1n) is 10.1. The second kappa shape index (κ2) is 8.38. The molecule has 9 nitrogen and oxygen atoms in total. The van der Waals surface area contributed by atoms with Crippen molar-refractivity contribution in [1.82, 2.24) is 4.31 Å². The minimum Gasteiger partial charge on any atom is -0.495 e. The van der Waals surface area contributed by atoms with Gasteiger partial charge in [0.05, 0.1) is 17.7 Å². The van der Waals surface area contributed by atoms with Gasteiger partial charge in [-0.1, -0.05) is 24.3 Å². The van der Waals surface area contributed by atoms with Crippen molar-refractivity contribution in [2.45, 2.75) is 35.3 Å². The summed E-state index contributed by atoms with van der Waals surface area (Å²) in [6, 6.07) is 10.8. The summed E-state index contributed by atoms with van der Waals surface area (Å²) in [5.74, 6) is 0.552. The van der Waals surface area contributed by atoms with Crippen molar-refractivity contribution in [2.75, 3.05) is 31.4 Å². The van der Waals surface area contributed by atoms with E-state index >= 15 is 0 Å². The molecule has 2 aromatic rings. The smallest absolute Gasteiger partial charge is 0.415 e. The van der Waals surface area contributed by atoms with E-state index in [9.17, 15) is 21.6 Å². The molecule has 0 saturated carbocycles. The van der Waals surface area contributed by atoms with E-state index in [0.717, 1.165) is 11.8 Å². The Morgan fingerprint density at radius 1 is 0.969 bits per heavy atom. The summed E-state index contributed by atoms with van der Waals surface area (Å²) in [5.41, 5.74) is 1.47. The minimum atomic E-state index is -4.02. The van der Waals surface area contributed by atoms with Gasteiger partial charge in [0, 0.05) is 31.0 Å². The molecule has 1 saturated heterocycles. The Morgan fingerprint density at radius 3 is 2.25 bits per heavy atom. The second-order valence-electron chi connectivity index (χ2n) is 7.75. The first-order chi connectivity index (χ1) is 15.1. The third-order valence-corrected chi connectivity index (χ3v) is 8.99. The normalized spacial score (nSPS) is 18.2. The molecule has 0 radical (unpaired) electrons. The molecule has 0 atom stereocenters. The summed E-state index contributed by atoms with van der Waals surface area (Å²) in [5, 5.41) is 0. The molecule has 2 aromatic carbocycles. The van der Waals surface area contributed by atoms with Crippen LogP contribution in [0.15, 0.2) is 52.3 Å². The average molecular weight is 481 g/mol. The van der Waals surface area contributed by atoms with E-state index in [4.69, 9.17) is 9.47 Å². The number of rotatable bonds is 5. The highest BCUT2D eigenvalue weighted by atomic mass is 32.2. The van der Waals surface area contributed by atoms with Gasteiger partial charge in [0.1, 0.15) is 17.3 Å². The van der Waals surface area contributed by atoms with Crippen LogP contribution in [-0.4, -0.2) is 59.7 Å². The maximum Gasteiger partial charge on any atom is 0.415 e. The predicted molar refractivity (Wildman–Crippen MR) is 117 cm³/mol. The Balaban J connectivity index is 1.60. The summed E-state index contributed by atoms with van der Waals surface area (Å²) < 4.78 is 62.7. The fraction of sp³-hybridized carbons (Fsp3) is 0.381. The maximum absolute atomic E-state index is 13.2. The SMILES string of the molecule is COc1cccc2c1N(C1CCN(S(=O)(=O)c3ccccc3S(C)(=O)=O)CC1)C(=O)OC2. The molecule has 32 heavy (non-hydrogen) atoms. The molecule has 0 spiro atoms. The van der Waals surface area contributed by atoms with Crippen LogP contribution in [0.5, 0.6) is 5.75 Å². The Hall–Kier alpha value is -2.63. The Kier molecular flexibility index (Phi) is 5.91. The van der Waals surface area contributed by atoms with E-state index in [-0.39, 0.29) is 35.5 Å². The average Bonchev–Trinajstić information content (AvgIpc) is 2.78. The van der Waals surface area contributed by atoms with Gasteiger partial charge in [-0.3, -0.25) is 4.90 Å². The topological polar surface area (TPSA) is 110 Å². The molecular weight excluding hydrogens is 456 g/mol. The van der Waals surface area contributed by atoms with Crippen molar-refractivity contribution < 1.29 is 31.1 Å². The highest BCUT2D eigenvalue weighted by molar-refractivity contribution is 7.93. The largest absolute Gasteiger partial charge is 0.495 e. The van der Waals surface area contributed by atoms with Crippen LogP contribution >= 0.6 is 0 Å². The van der Waals surface area contributed by atoms with Crippen molar-refractivity contribution in [1.29, 1.82) is 0 Å². The van der Waals surface area contributed by atoms with E-state index in [1.54, 1.807) is 11.0 Å². The molecule has 0 unspecified atom stereocenters. The standard InChI is InChI=1S/C21H24N2O7S2/c1-29-17-7-5-6-15-14-30-21(24)23(20(15)17)16-10-12-22(13-11-16)32(27,28)19-9-4-3-8-18(19)31(2,25)26/h3-9,16H,10-14H2,1-2H3. The molecule has 2 aliphatic heterocycles. The fourth-order valence-corrected chi connectivity index (χ4v) is 7.28. The van der Waals surface area contributed by atoms with Crippen molar-refractivity contribution in [3.05, 3.63) is 48.0 Å². The van der Waals surface area contributed by atoms with Crippen LogP contribution in [0.3, 0.4) is 0 Å². The highest BCUT2D eigenvalue weighted by Crippen LogP contribution is 2.39. The molecule has 1 amide bonds. The van der Waals surface area contributed by atoms with Crippen LogP contribution in [0.4, 0.5) is 10.5 Å². The first kappa shape index (κ1) is 22.6. The monoisotopic (exact) mass is 480 g/mol. The molecule has 2 heterocycles. The number of ether oxygens (including phenoxy) is 2. The second-order valence-corrected chi connectivity index (χ2v) is 11.6. The van der Waals surface area contributed by atoms with Gasteiger partial charge in [-0.2, -0.15) is 4.31 Å². The number of piperidine rings is 1.